The summed E-state index contributed by atoms with van der Waals surface area (Å²) in [5, 5.41) is 8.77. The van der Waals surface area contributed by atoms with Gasteiger partial charge < -0.3 is 4.57 Å². The number of benzene rings is 1. The van der Waals surface area contributed by atoms with Crippen molar-refractivity contribution < 1.29 is 0 Å². The summed E-state index contributed by atoms with van der Waals surface area (Å²) in [5.74, 6) is 0. The predicted molar refractivity (Wildman–Crippen MR) is 69.5 cm³/mol. The highest BCUT2D eigenvalue weighted by atomic mass is 79.9. The molecule has 17 heavy (non-hydrogen) atoms. The average Bonchev–Trinajstić information content (AvgIpc) is 2.34. The van der Waals surface area contributed by atoms with Gasteiger partial charge in [0.05, 0.1) is 5.69 Å². The van der Waals surface area contributed by atoms with Gasteiger partial charge in [-0.2, -0.15) is 5.26 Å². The fraction of sp³-hybridized carbons (Fsp3) is 0.0769. The van der Waals surface area contributed by atoms with Crippen molar-refractivity contribution in [2.24, 2.45) is 7.05 Å². The number of nitrogens with zero attached hydrogens (tertiary/aromatic N) is 2. The summed E-state index contributed by atoms with van der Waals surface area (Å²) in [5.41, 5.74) is 1.63. The van der Waals surface area contributed by atoms with Crippen LogP contribution in [0.4, 0.5) is 0 Å². The van der Waals surface area contributed by atoms with E-state index in [1.54, 1.807) is 19.2 Å². The van der Waals surface area contributed by atoms with E-state index < -0.39 is 0 Å². The third-order valence-corrected chi connectivity index (χ3v) is 3.09. The van der Waals surface area contributed by atoms with E-state index in [9.17, 15) is 4.79 Å². The molecule has 0 saturated carbocycles. The Morgan fingerprint density at radius 3 is 2.41 bits per heavy atom. The highest BCUT2D eigenvalue weighted by Crippen LogP contribution is 2.20. The minimum Gasteiger partial charge on any atom is -0.310 e. The number of hydrogen-bond acceptors (Lipinski definition) is 2. The molecule has 1 aromatic heterocycles. The van der Waals surface area contributed by atoms with Crippen LogP contribution in [-0.4, -0.2) is 4.57 Å². The Kier molecular flexibility index (Phi) is 3.12. The first kappa shape index (κ1) is 11.6. The first-order valence-electron chi connectivity index (χ1n) is 4.99. The molecule has 1 heterocycles. The maximum atomic E-state index is 11.8. The smallest absolute Gasteiger partial charge is 0.268 e. The van der Waals surface area contributed by atoms with Crippen LogP contribution in [-0.2, 0) is 7.05 Å². The number of nitriles is 1. The van der Waals surface area contributed by atoms with Gasteiger partial charge in [0.25, 0.3) is 5.56 Å². The third kappa shape index (κ3) is 2.15. The third-order valence-electron chi connectivity index (χ3n) is 2.56. The van der Waals surface area contributed by atoms with Crippen LogP contribution in [0.15, 0.2) is 45.7 Å². The minimum absolute atomic E-state index is 0.161. The molecule has 3 nitrogen and oxygen atoms in total. The van der Waals surface area contributed by atoms with Gasteiger partial charge in [0.15, 0.2) is 0 Å². The zero-order chi connectivity index (χ0) is 12.4. The number of halogens is 1. The molecule has 0 bridgehead atoms. The van der Waals surface area contributed by atoms with Gasteiger partial charge in [-0.25, -0.2) is 0 Å². The van der Waals surface area contributed by atoms with Crippen LogP contribution >= 0.6 is 15.9 Å². The lowest BCUT2D eigenvalue weighted by atomic mass is 10.1. The maximum absolute atomic E-state index is 11.8. The fourth-order valence-electron chi connectivity index (χ4n) is 1.63. The first-order valence-corrected chi connectivity index (χ1v) is 5.79. The molecule has 0 radical (unpaired) electrons. The van der Waals surface area contributed by atoms with Gasteiger partial charge in [-0.15, -0.1) is 0 Å². The summed E-state index contributed by atoms with van der Waals surface area (Å²) < 4.78 is 2.47. The zero-order valence-electron chi connectivity index (χ0n) is 9.14. The topological polar surface area (TPSA) is 45.8 Å². The normalized spacial score (nSPS) is 9.94. The van der Waals surface area contributed by atoms with Crippen molar-refractivity contribution in [3.63, 3.8) is 0 Å². The minimum atomic E-state index is -0.270. The highest BCUT2D eigenvalue weighted by Gasteiger charge is 2.06. The summed E-state index contributed by atoms with van der Waals surface area (Å²) >= 11 is 3.36. The SMILES string of the molecule is Cn1c(-c2ccc(Br)cc2)ccc(C#N)c1=O. The molecule has 0 fully saturated rings. The van der Waals surface area contributed by atoms with Crippen LogP contribution < -0.4 is 5.56 Å². The van der Waals surface area contributed by atoms with Gasteiger partial charge in [0.2, 0.25) is 0 Å². The van der Waals surface area contributed by atoms with Crippen LogP contribution in [0.1, 0.15) is 5.56 Å². The molecule has 0 spiro atoms. The second-order valence-electron chi connectivity index (χ2n) is 3.62. The molecule has 2 aromatic rings. The van der Waals surface area contributed by atoms with Crippen molar-refractivity contribution in [2.45, 2.75) is 0 Å². The van der Waals surface area contributed by atoms with Crippen molar-refractivity contribution in [1.29, 1.82) is 5.26 Å². The Labute approximate surface area is 107 Å². The largest absolute Gasteiger partial charge is 0.310 e. The maximum Gasteiger partial charge on any atom is 0.268 e. The van der Waals surface area contributed by atoms with E-state index in [0.29, 0.717) is 0 Å². The zero-order valence-corrected chi connectivity index (χ0v) is 10.7. The second kappa shape index (κ2) is 4.56. The van der Waals surface area contributed by atoms with Crippen molar-refractivity contribution in [3.8, 4) is 17.3 Å². The summed E-state index contributed by atoms with van der Waals surface area (Å²) in [6, 6.07) is 12.9. The van der Waals surface area contributed by atoms with Crippen molar-refractivity contribution in [2.75, 3.05) is 0 Å². The molecule has 84 valence electrons. The van der Waals surface area contributed by atoms with Crippen LogP contribution in [0.2, 0.25) is 0 Å². The predicted octanol–water partition coefficient (Wildman–Crippen LogP) is 2.69. The van der Waals surface area contributed by atoms with Crippen molar-refractivity contribution in [3.05, 3.63) is 56.8 Å². The molecule has 0 aliphatic heterocycles. The molecule has 1 aromatic carbocycles. The lowest BCUT2D eigenvalue weighted by Crippen LogP contribution is -2.20. The van der Waals surface area contributed by atoms with E-state index in [1.807, 2.05) is 30.3 Å². The highest BCUT2D eigenvalue weighted by molar-refractivity contribution is 9.10. The Morgan fingerprint density at radius 2 is 1.82 bits per heavy atom. The first-order chi connectivity index (χ1) is 8.13. The van der Waals surface area contributed by atoms with E-state index in [2.05, 4.69) is 15.9 Å². The molecule has 4 heteroatoms. The van der Waals surface area contributed by atoms with Gasteiger partial charge in [-0.05, 0) is 29.8 Å². The van der Waals surface area contributed by atoms with Gasteiger partial charge in [-0.1, -0.05) is 28.1 Å². The van der Waals surface area contributed by atoms with Crippen LogP contribution in [0.5, 0.6) is 0 Å². The monoisotopic (exact) mass is 288 g/mol. The van der Waals surface area contributed by atoms with Crippen LogP contribution in [0.25, 0.3) is 11.3 Å². The molecule has 0 amide bonds. The molecule has 0 unspecified atom stereocenters. The van der Waals surface area contributed by atoms with Gasteiger partial charge in [0.1, 0.15) is 11.6 Å². The summed E-state index contributed by atoms with van der Waals surface area (Å²) in [4.78, 5) is 11.8. The number of aromatic nitrogens is 1. The van der Waals surface area contributed by atoms with Crippen molar-refractivity contribution >= 4 is 15.9 Å². The number of pyridine rings is 1. The fourth-order valence-corrected chi connectivity index (χ4v) is 1.90. The van der Waals surface area contributed by atoms with E-state index in [4.69, 9.17) is 5.26 Å². The van der Waals surface area contributed by atoms with Gasteiger partial charge >= 0.3 is 0 Å². The second-order valence-corrected chi connectivity index (χ2v) is 4.53. The Bertz CT molecular complexity index is 651. The summed E-state index contributed by atoms with van der Waals surface area (Å²) in [6.45, 7) is 0. The summed E-state index contributed by atoms with van der Waals surface area (Å²) in [6.07, 6.45) is 0. The van der Waals surface area contributed by atoms with E-state index in [0.717, 1.165) is 15.7 Å². The number of rotatable bonds is 1. The van der Waals surface area contributed by atoms with E-state index in [1.165, 1.54) is 4.57 Å². The lowest BCUT2D eigenvalue weighted by Gasteiger charge is -2.08. The molecule has 0 atom stereocenters. The van der Waals surface area contributed by atoms with Gasteiger partial charge in [0, 0.05) is 11.5 Å². The Hall–Kier alpha value is -1.86. The molecule has 0 saturated heterocycles. The molecule has 2 rings (SSSR count). The Morgan fingerprint density at radius 1 is 1.18 bits per heavy atom. The van der Waals surface area contributed by atoms with Crippen molar-refractivity contribution in [1.82, 2.24) is 4.57 Å². The average molecular weight is 289 g/mol. The molecular weight excluding hydrogens is 280 g/mol. The number of hydrogen-bond donors (Lipinski definition) is 0. The summed E-state index contributed by atoms with van der Waals surface area (Å²) in [7, 11) is 1.67. The van der Waals surface area contributed by atoms with Crippen LogP contribution in [0, 0.1) is 11.3 Å². The van der Waals surface area contributed by atoms with Crippen LogP contribution in [0.3, 0.4) is 0 Å². The molecule has 0 N–H and O–H groups in total. The lowest BCUT2D eigenvalue weighted by molar-refractivity contribution is 0.866. The molecule has 0 aliphatic carbocycles. The van der Waals surface area contributed by atoms with Gasteiger partial charge in [-0.3, -0.25) is 4.79 Å². The molecular formula is C13H9BrN2O. The van der Waals surface area contributed by atoms with E-state index in [-0.39, 0.29) is 11.1 Å². The van der Waals surface area contributed by atoms with E-state index >= 15 is 0 Å². The standard InChI is InChI=1S/C13H9BrN2O/c1-16-12(7-4-10(8-15)13(16)17)9-2-5-11(14)6-3-9/h2-7H,1H3. The molecule has 0 aliphatic rings. The quantitative estimate of drug-likeness (QED) is 0.810. The Balaban J connectivity index is 2.62.